The number of carbonyl (C=O) groups is 1. The zero-order valence-electron chi connectivity index (χ0n) is 28.3. The molecule has 0 aliphatic carbocycles. The van der Waals surface area contributed by atoms with Crippen LogP contribution in [-0.4, -0.2) is 96.6 Å². The number of carbonyl (C=O) groups excluding carboxylic acids is 1. The fraction of sp³-hybridized carbons (Fsp3) is 0.333. The number of pyridine rings is 1. The molecule has 4 aromatic heterocycles. The number of aryl methyl sites for hydroxylation is 1. The van der Waals surface area contributed by atoms with Crippen molar-refractivity contribution in [3.05, 3.63) is 78.3 Å². The van der Waals surface area contributed by atoms with Crippen molar-refractivity contribution in [2.75, 3.05) is 43.6 Å². The van der Waals surface area contributed by atoms with Crippen LogP contribution in [0.25, 0.3) is 39.0 Å². The van der Waals surface area contributed by atoms with Gasteiger partial charge in [-0.1, -0.05) is 6.07 Å². The van der Waals surface area contributed by atoms with E-state index in [1.807, 2.05) is 39.5 Å². The lowest BCUT2D eigenvalue weighted by Gasteiger charge is -2.31. The largest absolute Gasteiger partial charge is 0.494 e. The number of nitrogens with one attached hydrogen (secondary N) is 1. The summed E-state index contributed by atoms with van der Waals surface area (Å²) < 4.78 is 59.2. The lowest BCUT2D eigenvalue weighted by Crippen LogP contribution is -2.48. The van der Waals surface area contributed by atoms with E-state index in [2.05, 4.69) is 25.4 Å². The number of imidazole rings is 1. The number of halogens is 3. The van der Waals surface area contributed by atoms with E-state index < -0.39 is 23.5 Å². The van der Waals surface area contributed by atoms with Crippen LogP contribution in [0.3, 0.4) is 0 Å². The van der Waals surface area contributed by atoms with Gasteiger partial charge in [-0.25, -0.2) is 37.8 Å². The van der Waals surface area contributed by atoms with Gasteiger partial charge in [-0.05, 0) is 38.0 Å². The van der Waals surface area contributed by atoms with Gasteiger partial charge in [0.1, 0.15) is 47.2 Å². The standard InChI is InChI=1S/C36H33F3N10O3/c1-19-43-28-11-20(37)9-24-27-5-3-6-31(45-27)44-22-13-29(36(50)46-7-4-8-52-23(16-46)17-47(19)32(24)28)48(15-22)34-25-14-42-49(35(25)41-18-40-34)33-26(39)10-21(38)12-30(33)51-2/h3,5-6,9-12,14,18,22-23,29H,4,7-8,13,15-17H2,1-2H3,(H,44,45)/t22-,23+,29-/m0/s1. The molecule has 0 unspecified atom stereocenters. The summed E-state index contributed by atoms with van der Waals surface area (Å²) in [5, 5.41) is 8.41. The smallest absolute Gasteiger partial charge is 0.245 e. The van der Waals surface area contributed by atoms with Gasteiger partial charge in [0.15, 0.2) is 17.2 Å². The van der Waals surface area contributed by atoms with Crippen molar-refractivity contribution in [1.82, 2.24) is 39.2 Å². The number of hydrogen-bond donors (Lipinski definition) is 1. The minimum Gasteiger partial charge on any atom is -0.494 e. The first-order valence-electron chi connectivity index (χ1n) is 17.0. The number of methoxy groups -OCH3 is 1. The Kier molecular flexibility index (Phi) is 7.71. The maximum atomic E-state index is 15.2. The molecule has 52 heavy (non-hydrogen) atoms. The lowest BCUT2D eigenvalue weighted by molar-refractivity contribution is -0.133. The van der Waals surface area contributed by atoms with Crippen LogP contribution in [0.5, 0.6) is 5.75 Å². The number of anilines is 2. The fourth-order valence-electron chi connectivity index (χ4n) is 7.80. The molecule has 7 heterocycles. The van der Waals surface area contributed by atoms with E-state index in [1.54, 1.807) is 0 Å². The van der Waals surface area contributed by atoms with Crippen LogP contribution in [0.15, 0.2) is 55.0 Å². The molecular weight excluding hydrogens is 677 g/mol. The number of nitrogens with zero attached hydrogens (tertiary/aromatic N) is 9. The molecule has 0 saturated carbocycles. The SMILES string of the molecule is COc1cc(F)cc(F)c1-n1ncc2c(N3C[C@@H]4C[C@H]3C(=O)N3CCCO[C@H](C3)Cn3c(C)nc5cc(F)cc(c53)-c3cccc(n3)N4)ncnc21. The molecule has 6 bridgehead atoms. The summed E-state index contributed by atoms with van der Waals surface area (Å²) >= 11 is 0. The molecule has 3 aliphatic rings. The summed E-state index contributed by atoms with van der Waals surface area (Å²) in [7, 11) is 1.32. The molecule has 9 rings (SSSR count). The highest BCUT2D eigenvalue weighted by Crippen LogP contribution is 2.36. The van der Waals surface area contributed by atoms with E-state index >= 15 is 8.78 Å². The number of fused-ring (bicyclic) bond motifs is 8. The van der Waals surface area contributed by atoms with E-state index in [0.29, 0.717) is 85.2 Å². The number of aromatic nitrogens is 7. The molecule has 13 nitrogen and oxygen atoms in total. The predicted octanol–water partition coefficient (Wildman–Crippen LogP) is 4.65. The Morgan fingerprint density at radius 2 is 1.88 bits per heavy atom. The summed E-state index contributed by atoms with van der Waals surface area (Å²) in [6.07, 6.45) is 3.55. The average molecular weight is 711 g/mol. The first-order chi connectivity index (χ1) is 25.2. The van der Waals surface area contributed by atoms with Crippen molar-refractivity contribution in [1.29, 1.82) is 0 Å². The zero-order chi connectivity index (χ0) is 35.7. The highest BCUT2D eigenvalue weighted by atomic mass is 19.1. The minimum atomic E-state index is -0.877. The number of rotatable bonds is 3. The monoisotopic (exact) mass is 710 g/mol. The van der Waals surface area contributed by atoms with Crippen molar-refractivity contribution in [2.45, 2.75) is 44.5 Å². The third-order valence-electron chi connectivity index (χ3n) is 10.1. The van der Waals surface area contributed by atoms with Crippen LogP contribution in [0.4, 0.5) is 24.8 Å². The van der Waals surface area contributed by atoms with Gasteiger partial charge in [0.05, 0.1) is 48.1 Å². The normalized spacial score (nSPS) is 20.5. The molecule has 2 fully saturated rings. The van der Waals surface area contributed by atoms with Crippen molar-refractivity contribution in [3.8, 4) is 22.7 Å². The van der Waals surface area contributed by atoms with E-state index in [4.69, 9.17) is 14.5 Å². The van der Waals surface area contributed by atoms with Gasteiger partial charge in [-0.2, -0.15) is 5.10 Å². The summed E-state index contributed by atoms with van der Waals surface area (Å²) in [6.45, 7) is 3.94. The number of benzene rings is 2. The minimum absolute atomic E-state index is 0.0565. The lowest BCUT2D eigenvalue weighted by atomic mass is 10.1. The Morgan fingerprint density at radius 1 is 1.02 bits per heavy atom. The van der Waals surface area contributed by atoms with Crippen LogP contribution >= 0.6 is 0 Å². The molecule has 6 aromatic rings. The maximum absolute atomic E-state index is 15.2. The van der Waals surface area contributed by atoms with Crippen LogP contribution in [-0.2, 0) is 16.1 Å². The molecule has 0 radical (unpaired) electrons. The molecule has 2 saturated heterocycles. The molecule has 2 aromatic carbocycles. The van der Waals surface area contributed by atoms with Crippen LogP contribution in [0, 0.1) is 24.4 Å². The van der Waals surface area contributed by atoms with Gasteiger partial charge in [0.25, 0.3) is 0 Å². The second kappa shape index (κ2) is 12.5. The van der Waals surface area contributed by atoms with E-state index in [0.717, 1.165) is 17.6 Å². The predicted molar refractivity (Wildman–Crippen MR) is 185 cm³/mol. The molecule has 266 valence electrons. The van der Waals surface area contributed by atoms with Crippen molar-refractivity contribution in [2.24, 2.45) is 0 Å². The first-order valence-corrected chi connectivity index (χ1v) is 17.0. The van der Waals surface area contributed by atoms with Crippen molar-refractivity contribution in [3.63, 3.8) is 0 Å². The Labute approximate surface area is 295 Å². The van der Waals surface area contributed by atoms with E-state index in [-0.39, 0.29) is 35.1 Å². The van der Waals surface area contributed by atoms with Gasteiger partial charge in [0.2, 0.25) is 5.91 Å². The van der Waals surface area contributed by atoms with Gasteiger partial charge in [-0.3, -0.25) is 4.79 Å². The Hall–Kier alpha value is -5.77. The van der Waals surface area contributed by atoms with Crippen LogP contribution < -0.4 is 15.0 Å². The summed E-state index contributed by atoms with van der Waals surface area (Å²) in [6, 6.07) is 9.38. The second-order valence-electron chi connectivity index (χ2n) is 13.3. The average Bonchev–Trinajstić information content (AvgIpc) is 3.77. The highest BCUT2D eigenvalue weighted by Gasteiger charge is 2.42. The van der Waals surface area contributed by atoms with Crippen molar-refractivity contribution < 1.29 is 27.4 Å². The van der Waals surface area contributed by atoms with Gasteiger partial charge in [-0.15, -0.1) is 0 Å². The Balaban J connectivity index is 1.16. The van der Waals surface area contributed by atoms with Crippen molar-refractivity contribution >= 4 is 39.6 Å². The quantitative estimate of drug-likeness (QED) is 0.277. The molecule has 3 atom stereocenters. The molecule has 3 aliphatic heterocycles. The Bertz CT molecular complexity index is 2380. The topological polar surface area (TPSA) is 128 Å². The molecule has 1 amide bonds. The summed E-state index contributed by atoms with van der Waals surface area (Å²) in [5.41, 5.74) is 2.61. The maximum Gasteiger partial charge on any atom is 0.245 e. The molecular formula is C36H33F3N10O3. The second-order valence-corrected chi connectivity index (χ2v) is 13.3. The molecule has 1 N–H and O–H groups in total. The third-order valence-corrected chi connectivity index (χ3v) is 10.1. The number of ether oxygens (including phenoxy) is 2. The van der Waals surface area contributed by atoms with Crippen LogP contribution in [0.2, 0.25) is 0 Å². The van der Waals surface area contributed by atoms with Gasteiger partial charge < -0.3 is 29.2 Å². The number of hydrogen-bond acceptors (Lipinski definition) is 10. The molecule has 0 spiro atoms. The fourth-order valence-corrected chi connectivity index (χ4v) is 7.80. The van der Waals surface area contributed by atoms with Gasteiger partial charge >= 0.3 is 0 Å². The van der Waals surface area contributed by atoms with Gasteiger partial charge in [0, 0.05) is 56.0 Å². The summed E-state index contributed by atoms with van der Waals surface area (Å²) in [5.74, 6) is -0.534. The zero-order valence-corrected chi connectivity index (χ0v) is 28.3. The Morgan fingerprint density at radius 3 is 2.75 bits per heavy atom. The third kappa shape index (κ3) is 5.36. The van der Waals surface area contributed by atoms with Crippen LogP contribution in [0.1, 0.15) is 18.7 Å². The van der Waals surface area contributed by atoms with E-state index in [9.17, 15) is 9.18 Å². The molecule has 16 heteroatoms. The first kappa shape index (κ1) is 32.2. The van der Waals surface area contributed by atoms with E-state index in [1.165, 1.54) is 36.4 Å². The number of amides is 1. The summed E-state index contributed by atoms with van der Waals surface area (Å²) in [4.78, 5) is 37.1. The highest BCUT2D eigenvalue weighted by molar-refractivity contribution is 5.94.